The standard InChI is InChI=1S/C11H8Br2OS2/c1-5-3-8(15-6(5)2)10(14)7-4-9(12)16-11(7)13/h3-4H,1-2H3. The molecular weight excluding hydrogens is 372 g/mol. The van der Waals surface area contributed by atoms with E-state index in [4.69, 9.17) is 0 Å². The first kappa shape index (κ1) is 12.5. The molecule has 0 aliphatic carbocycles. The van der Waals surface area contributed by atoms with Crippen molar-refractivity contribution in [3.05, 3.63) is 40.6 Å². The van der Waals surface area contributed by atoms with Crippen LogP contribution in [-0.2, 0) is 0 Å². The molecule has 0 atom stereocenters. The van der Waals surface area contributed by atoms with Gasteiger partial charge in [0.1, 0.15) is 0 Å². The summed E-state index contributed by atoms with van der Waals surface area (Å²) in [6, 6.07) is 3.82. The minimum absolute atomic E-state index is 0.0926. The first-order valence-electron chi connectivity index (χ1n) is 4.55. The summed E-state index contributed by atoms with van der Waals surface area (Å²) in [7, 11) is 0. The third kappa shape index (κ3) is 2.32. The highest BCUT2D eigenvalue weighted by atomic mass is 79.9. The molecule has 2 rings (SSSR count). The first-order chi connectivity index (χ1) is 7.49. The van der Waals surface area contributed by atoms with Crippen LogP contribution in [-0.4, -0.2) is 5.78 Å². The molecule has 2 heterocycles. The number of thiophene rings is 2. The third-order valence-corrected chi connectivity index (χ3v) is 5.78. The zero-order valence-electron chi connectivity index (χ0n) is 8.64. The lowest BCUT2D eigenvalue weighted by atomic mass is 10.2. The Kier molecular flexibility index (Phi) is 3.69. The molecule has 0 N–H and O–H groups in total. The van der Waals surface area contributed by atoms with E-state index in [-0.39, 0.29) is 5.78 Å². The van der Waals surface area contributed by atoms with Crippen LogP contribution in [0, 0.1) is 13.8 Å². The molecule has 2 aromatic heterocycles. The van der Waals surface area contributed by atoms with Crippen LogP contribution in [0.15, 0.2) is 19.7 Å². The Morgan fingerprint density at radius 3 is 2.31 bits per heavy atom. The van der Waals surface area contributed by atoms with Crippen LogP contribution in [0.1, 0.15) is 25.7 Å². The second kappa shape index (κ2) is 4.72. The number of halogens is 2. The van der Waals surface area contributed by atoms with Gasteiger partial charge in [-0.1, -0.05) is 0 Å². The molecule has 0 fully saturated rings. The highest BCUT2D eigenvalue weighted by Gasteiger charge is 2.17. The van der Waals surface area contributed by atoms with Crippen LogP contribution in [0.4, 0.5) is 0 Å². The van der Waals surface area contributed by atoms with Crippen molar-refractivity contribution in [1.82, 2.24) is 0 Å². The molecule has 1 nitrogen and oxygen atoms in total. The average molecular weight is 380 g/mol. The summed E-state index contributed by atoms with van der Waals surface area (Å²) in [5, 5.41) is 0. The van der Waals surface area contributed by atoms with Gasteiger partial charge < -0.3 is 0 Å². The first-order valence-corrected chi connectivity index (χ1v) is 7.77. The van der Waals surface area contributed by atoms with E-state index in [0.717, 1.165) is 18.0 Å². The lowest BCUT2D eigenvalue weighted by Crippen LogP contribution is -1.96. The molecule has 5 heteroatoms. The fourth-order valence-corrected chi connectivity index (χ4v) is 5.09. The molecule has 0 amide bonds. The predicted octanol–water partition coefficient (Wildman–Crippen LogP) is 5.18. The summed E-state index contributed by atoms with van der Waals surface area (Å²) >= 11 is 9.87. The van der Waals surface area contributed by atoms with Crippen LogP contribution >= 0.6 is 54.5 Å². The Morgan fingerprint density at radius 2 is 1.88 bits per heavy atom. The van der Waals surface area contributed by atoms with Gasteiger partial charge in [-0.15, -0.1) is 22.7 Å². The lowest BCUT2D eigenvalue weighted by Gasteiger charge is -1.94. The summed E-state index contributed by atoms with van der Waals surface area (Å²) in [5.41, 5.74) is 1.91. The van der Waals surface area contributed by atoms with Gasteiger partial charge in [0, 0.05) is 10.4 Å². The topological polar surface area (TPSA) is 17.1 Å². The van der Waals surface area contributed by atoms with Crippen LogP contribution in [0.25, 0.3) is 0 Å². The molecule has 0 radical (unpaired) electrons. The van der Waals surface area contributed by atoms with Crippen molar-refractivity contribution >= 4 is 60.3 Å². The van der Waals surface area contributed by atoms with E-state index in [9.17, 15) is 4.79 Å². The zero-order valence-corrected chi connectivity index (χ0v) is 13.4. The Morgan fingerprint density at radius 1 is 1.19 bits per heavy atom. The van der Waals surface area contributed by atoms with E-state index in [1.165, 1.54) is 21.8 Å². The van der Waals surface area contributed by atoms with Crippen molar-refractivity contribution in [2.24, 2.45) is 0 Å². The van der Waals surface area contributed by atoms with Crippen molar-refractivity contribution in [1.29, 1.82) is 0 Å². The summed E-state index contributed by atoms with van der Waals surface area (Å²) in [6.07, 6.45) is 0. The fraction of sp³-hybridized carbons (Fsp3) is 0.182. The average Bonchev–Trinajstić information content (AvgIpc) is 2.70. The Balaban J connectivity index is 2.42. The fourth-order valence-electron chi connectivity index (χ4n) is 1.31. The van der Waals surface area contributed by atoms with Gasteiger partial charge in [-0.05, 0) is 63.4 Å². The Hall–Kier alpha value is 0.0300. The predicted molar refractivity (Wildman–Crippen MR) is 76.9 cm³/mol. The molecule has 0 unspecified atom stereocenters. The SMILES string of the molecule is Cc1cc(C(=O)c2cc(Br)sc2Br)sc1C. The van der Waals surface area contributed by atoms with Crippen molar-refractivity contribution in [2.45, 2.75) is 13.8 Å². The highest BCUT2D eigenvalue weighted by Crippen LogP contribution is 2.34. The van der Waals surface area contributed by atoms with Gasteiger partial charge in [-0.25, -0.2) is 0 Å². The van der Waals surface area contributed by atoms with E-state index in [2.05, 4.69) is 31.9 Å². The van der Waals surface area contributed by atoms with Crippen LogP contribution in [0.2, 0.25) is 0 Å². The molecule has 0 aromatic carbocycles. The summed E-state index contributed by atoms with van der Waals surface area (Å²) in [6.45, 7) is 4.07. The van der Waals surface area contributed by atoms with Gasteiger partial charge in [-0.3, -0.25) is 4.79 Å². The van der Waals surface area contributed by atoms with Gasteiger partial charge in [0.15, 0.2) is 0 Å². The van der Waals surface area contributed by atoms with E-state index < -0.39 is 0 Å². The number of hydrogen-bond donors (Lipinski definition) is 0. The maximum Gasteiger partial charge on any atom is 0.204 e. The molecule has 16 heavy (non-hydrogen) atoms. The minimum Gasteiger partial charge on any atom is -0.288 e. The largest absolute Gasteiger partial charge is 0.288 e. The molecule has 84 valence electrons. The molecule has 0 saturated carbocycles. The van der Waals surface area contributed by atoms with Gasteiger partial charge in [-0.2, -0.15) is 0 Å². The highest BCUT2D eigenvalue weighted by molar-refractivity contribution is 9.12. The summed E-state index contributed by atoms with van der Waals surface area (Å²) < 4.78 is 1.85. The van der Waals surface area contributed by atoms with Gasteiger partial charge >= 0.3 is 0 Å². The Bertz CT molecular complexity index is 535. The number of hydrogen-bond acceptors (Lipinski definition) is 3. The molecule has 0 saturated heterocycles. The summed E-state index contributed by atoms with van der Waals surface area (Å²) in [4.78, 5) is 14.2. The number of carbonyl (C=O) groups is 1. The maximum atomic E-state index is 12.2. The smallest absolute Gasteiger partial charge is 0.204 e. The van der Waals surface area contributed by atoms with Crippen LogP contribution in [0.5, 0.6) is 0 Å². The van der Waals surface area contributed by atoms with Gasteiger partial charge in [0.05, 0.1) is 12.4 Å². The van der Waals surface area contributed by atoms with Crippen LogP contribution in [0.3, 0.4) is 0 Å². The van der Waals surface area contributed by atoms with Crippen molar-refractivity contribution < 1.29 is 4.79 Å². The summed E-state index contributed by atoms with van der Waals surface area (Å²) in [5.74, 6) is 0.0926. The Labute approximate surface area is 119 Å². The van der Waals surface area contributed by atoms with Crippen LogP contribution < -0.4 is 0 Å². The van der Waals surface area contributed by atoms with E-state index in [0.29, 0.717) is 0 Å². The molecule has 0 bridgehead atoms. The monoisotopic (exact) mass is 378 g/mol. The molecule has 0 spiro atoms. The van der Waals surface area contributed by atoms with E-state index in [1.807, 2.05) is 26.0 Å². The minimum atomic E-state index is 0.0926. The van der Waals surface area contributed by atoms with Gasteiger partial charge in [0.2, 0.25) is 5.78 Å². The zero-order chi connectivity index (χ0) is 11.9. The lowest BCUT2D eigenvalue weighted by molar-refractivity contribution is 0.104. The number of carbonyl (C=O) groups excluding carboxylic acids is 1. The molecular formula is C11H8Br2OS2. The second-order valence-electron chi connectivity index (χ2n) is 3.42. The number of ketones is 1. The molecule has 0 aliphatic heterocycles. The van der Waals surface area contributed by atoms with E-state index in [1.54, 1.807) is 11.3 Å². The molecule has 2 aromatic rings. The van der Waals surface area contributed by atoms with Gasteiger partial charge in [0.25, 0.3) is 0 Å². The normalized spacial score (nSPS) is 10.8. The maximum absolute atomic E-state index is 12.2. The number of aryl methyl sites for hydroxylation is 2. The second-order valence-corrected chi connectivity index (χ2v) is 8.42. The van der Waals surface area contributed by atoms with E-state index >= 15 is 0 Å². The number of rotatable bonds is 2. The molecule has 0 aliphatic rings. The third-order valence-electron chi connectivity index (χ3n) is 2.29. The quantitative estimate of drug-likeness (QED) is 0.656. The van der Waals surface area contributed by atoms with Crippen molar-refractivity contribution in [2.75, 3.05) is 0 Å². The van der Waals surface area contributed by atoms with Crippen molar-refractivity contribution in [3.63, 3.8) is 0 Å². The van der Waals surface area contributed by atoms with Crippen molar-refractivity contribution in [3.8, 4) is 0 Å².